The minimum Gasteiger partial charge on any atom is -0.395 e. The van der Waals surface area contributed by atoms with Gasteiger partial charge in [-0.05, 0) is 12.1 Å². The van der Waals surface area contributed by atoms with Gasteiger partial charge in [-0.25, -0.2) is 0 Å². The quantitative estimate of drug-likeness (QED) is 0.754. The zero-order valence-corrected chi connectivity index (χ0v) is 12.7. The maximum Gasteiger partial charge on any atom is 0.277 e. The van der Waals surface area contributed by atoms with E-state index in [-0.39, 0.29) is 18.8 Å². The first kappa shape index (κ1) is 15.5. The highest BCUT2D eigenvalue weighted by molar-refractivity contribution is 6.17. The average molecular weight is 317 g/mol. The van der Waals surface area contributed by atoms with Gasteiger partial charge in [-0.2, -0.15) is 0 Å². The number of ether oxygens (including phenoxy) is 1. The summed E-state index contributed by atoms with van der Waals surface area (Å²) in [7, 11) is 0. The smallest absolute Gasteiger partial charge is 0.277 e. The first-order chi connectivity index (χ1) is 11.2. The second-order valence-electron chi connectivity index (χ2n) is 5.32. The Morgan fingerprint density at radius 1 is 1.17 bits per heavy atom. The Balaban J connectivity index is 1.80. The first-order valence-corrected chi connectivity index (χ1v) is 7.58. The Bertz CT molecular complexity index is 638. The number of β-amino-alcohol motifs (C(OH)–C–C–N with tert-alkyl or cyclic N) is 1. The van der Waals surface area contributed by atoms with Gasteiger partial charge in [-0.3, -0.25) is 14.5 Å². The van der Waals surface area contributed by atoms with Crippen molar-refractivity contribution in [3.05, 3.63) is 36.0 Å². The van der Waals surface area contributed by atoms with E-state index < -0.39 is 11.8 Å². The van der Waals surface area contributed by atoms with Gasteiger partial charge in [-0.15, -0.1) is 0 Å². The molecule has 1 aromatic rings. The topological polar surface area (TPSA) is 82.1 Å². The summed E-state index contributed by atoms with van der Waals surface area (Å²) in [6.45, 7) is 2.65. The van der Waals surface area contributed by atoms with Crippen LogP contribution in [0.3, 0.4) is 0 Å². The van der Waals surface area contributed by atoms with Crippen LogP contribution in [0.1, 0.15) is 0 Å². The second-order valence-corrected chi connectivity index (χ2v) is 5.32. The first-order valence-electron chi connectivity index (χ1n) is 7.58. The van der Waals surface area contributed by atoms with E-state index in [2.05, 4.69) is 10.2 Å². The van der Waals surface area contributed by atoms with Crippen LogP contribution in [0.25, 0.3) is 0 Å². The van der Waals surface area contributed by atoms with E-state index in [0.29, 0.717) is 13.2 Å². The van der Waals surface area contributed by atoms with E-state index in [1.807, 2.05) is 24.3 Å². The fraction of sp³-hybridized carbons (Fsp3) is 0.375. The molecule has 0 spiro atoms. The number of morpholine rings is 1. The highest BCUT2D eigenvalue weighted by atomic mass is 16.5. The monoisotopic (exact) mass is 317 g/mol. The number of anilines is 2. The van der Waals surface area contributed by atoms with Crippen LogP contribution in [-0.4, -0.2) is 61.3 Å². The predicted molar refractivity (Wildman–Crippen MR) is 85.0 cm³/mol. The van der Waals surface area contributed by atoms with Gasteiger partial charge in [0.15, 0.2) is 0 Å². The number of carbonyl (C=O) groups is 2. The van der Waals surface area contributed by atoms with Crippen molar-refractivity contribution in [2.45, 2.75) is 0 Å². The minimum absolute atomic E-state index is 0.00442. The number of amides is 2. The molecule has 23 heavy (non-hydrogen) atoms. The Morgan fingerprint density at radius 2 is 1.91 bits per heavy atom. The zero-order valence-electron chi connectivity index (χ0n) is 12.7. The van der Waals surface area contributed by atoms with Crippen LogP contribution in [0.5, 0.6) is 0 Å². The fourth-order valence-electron chi connectivity index (χ4n) is 2.71. The molecule has 0 atom stereocenters. The van der Waals surface area contributed by atoms with E-state index in [1.54, 1.807) is 0 Å². The van der Waals surface area contributed by atoms with Crippen LogP contribution < -0.4 is 10.2 Å². The van der Waals surface area contributed by atoms with Crippen molar-refractivity contribution in [3.63, 3.8) is 0 Å². The minimum atomic E-state index is -0.416. The maximum atomic E-state index is 12.2. The summed E-state index contributed by atoms with van der Waals surface area (Å²) < 4.78 is 5.36. The number of rotatable bonds is 5. The van der Waals surface area contributed by atoms with E-state index in [1.165, 1.54) is 6.08 Å². The van der Waals surface area contributed by atoms with Gasteiger partial charge in [0.2, 0.25) is 0 Å². The number of hydrogen-bond donors (Lipinski definition) is 2. The van der Waals surface area contributed by atoms with Crippen LogP contribution in [0.4, 0.5) is 11.4 Å². The molecule has 7 heteroatoms. The molecular weight excluding hydrogens is 298 g/mol. The molecule has 122 valence electrons. The van der Waals surface area contributed by atoms with Crippen molar-refractivity contribution in [1.29, 1.82) is 0 Å². The van der Waals surface area contributed by atoms with Gasteiger partial charge in [0.25, 0.3) is 11.8 Å². The summed E-state index contributed by atoms with van der Waals surface area (Å²) in [4.78, 5) is 27.2. The molecule has 0 saturated carbocycles. The number of imide groups is 1. The fourth-order valence-corrected chi connectivity index (χ4v) is 2.71. The normalized spacial score (nSPS) is 18.4. The standard InChI is InChI=1S/C16H19N3O4/c20-8-5-19-15(21)11-13(16(19)22)17-12-3-1-2-4-14(12)18-6-9-23-10-7-18/h1-4,11,17,20H,5-10H2. The molecule has 1 saturated heterocycles. The molecule has 3 rings (SSSR count). The molecule has 1 fully saturated rings. The molecule has 2 aliphatic heterocycles. The zero-order chi connectivity index (χ0) is 16.2. The highest BCUT2D eigenvalue weighted by Gasteiger charge is 2.31. The lowest BCUT2D eigenvalue weighted by Gasteiger charge is -2.30. The van der Waals surface area contributed by atoms with Crippen molar-refractivity contribution >= 4 is 23.2 Å². The molecule has 7 nitrogen and oxygen atoms in total. The number of nitrogens with zero attached hydrogens (tertiary/aromatic N) is 2. The van der Waals surface area contributed by atoms with Gasteiger partial charge in [-0.1, -0.05) is 12.1 Å². The van der Waals surface area contributed by atoms with E-state index in [9.17, 15) is 9.59 Å². The molecular formula is C16H19N3O4. The van der Waals surface area contributed by atoms with Crippen LogP contribution in [0.2, 0.25) is 0 Å². The highest BCUT2D eigenvalue weighted by Crippen LogP contribution is 2.28. The summed E-state index contributed by atoms with van der Waals surface area (Å²) in [6.07, 6.45) is 1.27. The number of benzene rings is 1. The molecule has 0 radical (unpaired) electrons. The second kappa shape index (κ2) is 6.80. The lowest BCUT2D eigenvalue weighted by molar-refractivity contribution is -0.137. The van der Waals surface area contributed by atoms with Crippen LogP contribution in [-0.2, 0) is 14.3 Å². The average Bonchev–Trinajstić information content (AvgIpc) is 2.84. The van der Waals surface area contributed by atoms with Crippen LogP contribution >= 0.6 is 0 Å². The Morgan fingerprint density at radius 3 is 2.65 bits per heavy atom. The van der Waals surface area contributed by atoms with Crippen molar-refractivity contribution < 1.29 is 19.4 Å². The van der Waals surface area contributed by atoms with Crippen molar-refractivity contribution in [3.8, 4) is 0 Å². The number of nitrogens with one attached hydrogen (secondary N) is 1. The maximum absolute atomic E-state index is 12.2. The molecule has 0 aliphatic carbocycles. The van der Waals surface area contributed by atoms with Crippen LogP contribution in [0, 0.1) is 0 Å². The number of carbonyl (C=O) groups excluding carboxylic acids is 2. The number of aliphatic hydroxyl groups excluding tert-OH is 1. The molecule has 0 unspecified atom stereocenters. The largest absolute Gasteiger partial charge is 0.395 e. The van der Waals surface area contributed by atoms with E-state index in [0.717, 1.165) is 29.4 Å². The summed E-state index contributed by atoms with van der Waals surface area (Å²) >= 11 is 0. The lowest BCUT2D eigenvalue weighted by Crippen LogP contribution is -2.37. The summed E-state index contributed by atoms with van der Waals surface area (Å²) in [5.41, 5.74) is 1.97. The van der Waals surface area contributed by atoms with Gasteiger partial charge in [0, 0.05) is 19.2 Å². The van der Waals surface area contributed by atoms with Crippen LogP contribution in [0.15, 0.2) is 36.0 Å². The predicted octanol–water partition coefficient (Wildman–Crippen LogP) is 0.180. The molecule has 0 aromatic heterocycles. The number of aliphatic hydroxyl groups is 1. The van der Waals surface area contributed by atoms with E-state index in [4.69, 9.17) is 9.84 Å². The third-order valence-electron chi connectivity index (χ3n) is 3.86. The Kier molecular flexibility index (Phi) is 4.59. The SMILES string of the molecule is O=C1C=C(Nc2ccccc2N2CCOCC2)C(=O)N1CCO. The van der Waals surface area contributed by atoms with Gasteiger partial charge in [0.05, 0.1) is 37.7 Å². The van der Waals surface area contributed by atoms with Gasteiger partial charge in [0.1, 0.15) is 5.70 Å². The molecule has 2 amide bonds. The lowest BCUT2D eigenvalue weighted by atomic mass is 10.2. The third kappa shape index (κ3) is 3.20. The van der Waals surface area contributed by atoms with Gasteiger partial charge >= 0.3 is 0 Å². The molecule has 0 bridgehead atoms. The molecule has 2 N–H and O–H groups in total. The molecule has 1 aromatic carbocycles. The van der Waals surface area contributed by atoms with E-state index >= 15 is 0 Å². The molecule has 2 aliphatic rings. The van der Waals surface area contributed by atoms with Crippen molar-refractivity contribution in [2.75, 3.05) is 49.7 Å². The Hall–Kier alpha value is -2.38. The summed E-state index contributed by atoms with van der Waals surface area (Å²) in [5, 5.41) is 12.0. The summed E-state index contributed by atoms with van der Waals surface area (Å²) in [5.74, 6) is -0.823. The summed E-state index contributed by atoms with van der Waals surface area (Å²) in [6, 6.07) is 7.66. The van der Waals surface area contributed by atoms with Gasteiger partial charge < -0.3 is 20.1 Å². The van der Waals surface area contributed by atoms with Crippen molar-refractivity contribution in [1.82, 2.24) is 4.90 Å². The molecule has 2 heterocycles. The van der Waals surface area contributed by atoms with Crippen molar-refractivity contribution in [2.24, 2.45) is 0 Å². The number of para-hydroxylation sites is 2. The number of hydrogen-bond acceptors (Lipinski definition) is 6. The third-order valence-corrected chi connectivity index (χ3v) is 3.86. The Labute approximate surface area is 134 Å².